The molecule has 1 saturated heterocycles. The van der Waals surface area contributed by atoms with Gasteiger partial charge in [0.15, 0.2) is 0 Å². The number of amides is 1. The second kappa shape index (κ2) is 7.92. The summed E-state index contributed by atoms with van der Waals surface area (Å²) in [6, 6.07) is 15.5. The molecule has 0 aromatic heterocycles. The number of piperazine rings is 1. The third-order valence-corrected chi connectivity index (χ3v) is 9.32. The standard InChI is InChI=1S/C23H30FN3OSi/c1-4-21(26-15-13-25(14-16-26)18-9-6-5-7-10-18)27-17-29(2,3)22-19(23(27)28)11-8-12-20(22)24/h5-12,21H,4,13-17H2,1-3H3. The molecule has 1 unspecified atom stereocenters. The minimum atomic E-state index is -2.08. The van der Waals surface area contributed by atoms with E-state index in [9.17, 15) is 9.18 Å². The van der Waals surface area contributed by atoms with Crippen molar-refractivity contribution in [2.45, 2.75) is 32.6 Å². The Balaban J connectivity index is 1.54. The van der Waals surface area contributed by atoms with Gasteiger partial charge >= 0.3 is 0 Å². The topological polar surface area (TPSA) is 26.8 Å². The molecule has 154 valence electrons. The van der Waals surface area contributed by atoms with Crippen LogP contribution in [0.4, 0.5) is 10.1 Å². The number of fused-ring (bicyclic) bond motifs is 1. The van der Waals surface area contributed by atoms with Gasteiger partial charge < -0.3 is 9.80 Å². The molecule has 1 fully saturated rings. The van der Waals surface area contributed by atoms with Crippen molar-refractivity contribution in [1.82, 2.24) is 9.80 Å². The molecule has 0 aliphatic carbocycles. The van der Waals surface area contributed by atoms with E-state index in [4.69, 9.17) is 0 Å². The van der Waals surface area contributed by atoms with Gasteiger partial charge in [-0.1, -0.05) is 44.3 Å². The molecule has 0 bridgehead atoms. The number of carbonyl (C=O) groups excluding carboxylic acids is 1. The van der Waals surface area contributed by atoms with Crippen molar-refractivity contribution in [3.63, 3.8) is 0 Å². The van der Waals surface area contributed by atoms with Gasteiger partial charge in [-0.2, -0.15) is 0 Å². The van der Waals surface area contributed by atoms with Crippen LogP contribution in [0.5, 0.6) is 0 Å². The molecule has 4 rings (SSSR count). The minimum Gasteiger partial charge on any atom is -0.369 e. The van der Waals surface area contributed by atoms with Crippen molar-refractivity contribution in [3.8, 4) is 0 Å². The van der Waals surface area contributed by atoms with Crippen molar-refractivity contribution in [3.05, 3.63) is 59.9 Å². The van der Waals surface area contributed by atoms with Gasteiger partial charge in [-0.3, -0.25) is 9.69 Å². The van der Waals surface area contributed by atoms with Gasteiger partial charge in [0.2, 0.25) is 0 Å². The van der Waals surface area contributed by atoms with Crippen molar-refractivity contribution in [1.29, 1.82) is 0 Å². The molecule has 6 heteroatoms. The van der Waals surface area contributed by atoms with E-state index in [0.717, 1.165) is 32.6 Å². The number of hydrogen-bond donors (Lipinski definition) is 0. The first-order chi connectivity index (χ1) is 13.9. The quantitative estimate of drug-likeness (QED) is 0.723. The van der Waals surface area contributed by atoms with E-state index in [2.05, 4.69) is 54.1 Å². The summed E-state index contributed by atoms with van der Waals surface area (Å²) in [6.45, 7) is 10.3. The summed E-state index contributed by atoms with van der Waals surface area (Å²) in [6.07, 6.45) is 1.63. The third-order valence-electron chi connectivity index (χ3n) is 6.33. The third kappa shape index (κ3) is 3.71. The van der Waals surface area contributed by atoms with Gasteiger partial charge in [-0.25, -0.2) is 4.39 Å². The lowest BCUT2D eigenvalue weighted by Crippen LogP contribution is -2.66. The number of nitrogens with zero attached hydrogens (tertiary/aromatic N) is 3. The summed E-state index contributed by atoms with van der Waals surface area (Å²) in [5, 5.41) is 0.699. The zero-order chi connectivity index (χ0) is 20.6. The van der Waals surface area contributed by atoms with E-state index < -0.39 is 8.07 Å². The van der Waals surface area contributed by atoms with Gasteiger partial charge in [-0.05, 0) is 35.9 Å². The zero-order valence-corrected chi connectivity index (χ0v) is 18.6. The van der Waals surface area contributed by atoms with E-state index in [1.54, 1.807) is 6.07 Å². The van der Waals surface area contributed by atoms with Crippen LogP contribution in [0.3, 0.4) is 0 Å². The number of benzene rings is 2. The number of hydrogen-bond acceptors (Lipinski definition) is 3. The normalized spacial score (nSPS) is 20.5. The fourth-order valence-corrected chi connectivity index (χ4v) is 7.97. The molecule has 2 aromatic rings. The Kier molecular flexibility index (Phi) is 5.49. The first-order valence-electron chi connectivity index (χ1n) is 10.6. The van der Waals surface area contributed by atoms with Crippen LogP contribution in [0.25, 0.3) is 0 Å². The lowest BCUT2D eigenvalue weighted by Gasteiger charge is -2.48. The van der Waals surface area contributed by atoms with Crippen molar-refractivity contribution in [2.24, 2.45) is 0 Å². The monoisotopic (exact) mass is 411 g/mol. The number of carbonyl (C=O) groups is 1. The van der Waals surface area contributed by atoms with E-state index in [0.29, 0.717) is 16.9 Å². The molecule has 2 aromatic carbocycles. The highest BCUT2D eigenvalue weighted by atomic mass is 28.3. The van der Waals surface area contributed by atoms with Gasteiger partial charge in [0, 0.05) is 43.6 Å². The highest BCUT2D eigenvalue weighted by molar-refractivity contribution is 6.91. The molecule has 4 nitrogen and oxygen atoms in total. The van der Waals surface area contributed by atoms with E-state index >= 15 is 0 Å². The Morgan fingerprint density at radius 2 is 1.69 bits per heavy atom. The summed E-state index contributed by atoms with van der Waals surface area (Å²) in [4.78, 5) is 20.2. The largest absolute Gasteiger partial charge is 0.369 e. The van der Waals surface area contributed by atoms with Crippen LogP contribution in [0, 0.1) is 5.82 Å². The molecule has 2 aliphatic rings. The first-order valence-corrected chi connectivity index (χ1v) is 13.8. The van der Waals surface area contributed by atoms with E-state index in [1.165, 1.54) is 11.8 Å². The van der Waals surface area contributed by atoms with Gasteiger partial charge in [0.25, 0.3) is 5.91 Å². The Morgan fingerprint density at radius 3 is 2.34 bits per heavy atom. The van der Waals surface area contributed by atoms with Crippen molar-refractivity contribution >= 4 is 24.9 Å². The predicted octanol–water partition coefficient (Wildman–Crippen LogP) is 3.29. The fourth-order valence-electron chi connectivity index (χ4n) is 4.96. The second-order valence-corrected chi connectivity index (χ2v) is 13.3. The number of para-hydroxylation sites is 1. The fraction of sp³-hybridized carbons (Fsp3) is 0.435. The maximum Gasteiger partial charge on any atom is 0.254 e. The molecule has 29 heavy (non-hydrogen) atoms. The van der Waals surface area contributed by atoms with Crippen LogP contribution in [0.1, 0.15) is 23.7 Å². The molecule has 0 N–H and O–H groups in total. The van der Waals surface area contributed by atoms with Crippen LogP contribution >= 0.6 is 0 Å². The number of anilines is 1. The number of rotatable bonds is 4. The summed E-state index contributed by atoms with van der Waals surface area (Å²) in [5.74, 6) is -0.222. The van der Waals surface area contributed by atoms with Crippen LogP contribution < -0.4 is 10.1 Å². The molecule has 1 amide bonds. The van der Waals surface area contributed by atoms with E-state index in [1.807, 2.05) is 17.0 Å². The predicted molar refractivity (Wildman–Crippen MR) is 119 cm³/mol. The van der Waals surface area contributed by atoms with Crippen LogP contribution in [-0.2, 0) is 0 Å². The van der Waals surface area contributed by atoms with Crippen LogP contribution in [0.2, 0.25) is 13.1 Å². The summed E-state index contributed by atoms with van der Waals surface area (Å²) in [7, 11) is -2.08. The molecule has 2 aliphatic heterocycles. The molecule has 2 heterocycles. The molecular formula is C23H30FN3OSi. The number of halogens is 1. The Bertz CT molecular complexity index is 881. The van der Waals surface area contributed by atoms with Crippen molar-refractivity contribution in [2.75, 3.05) is 37.2 Å². The van der Waals surface area contributed by atoms with Gasteiger partial charge in [0.05, 0.1) is 6.17 Å². The molecule has 0 spiro atoms. The molecular weight excluding hydrogens is 381 g/mol. The van der Waals surface area contributed by atoms with Gasteiger partial charge in [-0.15, -0.1) is 0 Å². The highest BCUT2D eigenvalue weighted by Gasteiger charge is 2.43. The average Bonchev–Trinajstić information content (AvgIpc) is 2.73. The zero-order valence-electron chi connectivity index (χ0n) is 17.6. The summed E-state index contributed by atoms with van der Waals surface area (Å²) >= 11 is 0. The maximum absolute atomic E-state index is 14.6. The molecule has 0 radical (unpaired) electrons. The molecule has 0 saturated carbocycles. The summed E-state index contributed by atoms with van der Waals surface area (Å²) < 4.78 is 14.6. The average molecular weight is 412 g/mol. The highest BCUT2D eigenvalue weighted by Crippen LogP contribution is 2.26. The lowest BCUT2D eigenvalue weighted by molar-refractivity contribution is 0.0325. The smallest absolute Gasteiger partial charge is 0.254 e. The summed E-state index contributed by atoms with van der Waals surface area (Å²) in [5.41, 5.74) is 1.83. The second-order valence-electron chi connectivity index (χ2n) is 8.73. The Labute approximate surface area is 173 Å². The SMILES string of the molecule is CCC(N1CCN(c2ccccc2)CC1)N1C[Si](C)(C)c2c(F)cccc2C1=O. The minimum absolute atomic E-state index is 0.0105. The van der Waals surface area contributed by atoms with Crippen LogP contribution in [0.15, 0.2) is 48.5 Å². The lowest BCUT2D eigenvalue weighted by atomic mass is 10.1. The first kappa shape index (κ1) is 20.1. The van der Waals surface area contributed by atoms with Gasteiger partial charge in [0.1, 0.15) is 13.9 Å². The van der Waals surface area contributed by atoms with Crippen molar-refractivity contribution < 1.29 is 9.18 Å². The maximum atomic E-state index is 14.6. The Morgan fingerprint density at radius 1 is 1.00 bits per heavy atom. The Hall–Kier alpha value is -2.18. The van der Waals surface area contributed by atoms with E-state index in [-0.39, 0.29) is 17.9 Å². The molecule has 1 atom stereocenters. The van der Waals surface area contributed by atoms with Crippen LogP contribution in [-0.4, -0.2) is 62.3 Å².